The van der Waals surface area contributed by atoms with Crippen LogP contribution in [0.2, 0.25) is 0 Å². The minimum Gasteiger partial charge on any atom is -0.467 e. The summed E-state index contributed by atoms with van der Waals surface area (Å²) in [6.07, 6.45) is 6.01. The molecule has 12 nitrogen and oxygen atoms in total. The SMILES string of the molecule is COC(=O)C1CCCC2SCCC(NC(=O)C(CCC(Cc3ccc(F)cc3)C(=O)NC3CCSC4CCCC(C(=O)OC)N4C3=O)Cc3ccccc3)C(=O)N21. The molecule has 0 saturated carbocycles. The number of fused-ring (bicyclic) bond motifs is 2. The van der Waals surface area contributed by atoms with Crippen molar-refractivity contribution in [1.29, 1.82) is 0 Å². The van der Waals surface area contributed by atoms with Gasteiger partial charge in [-0.15, -0.1) is 23.5 Å². The number of hydrogen-bond donors (Lipinski definition) is 2. The topological polar surface area (TPSA) is 151 Å². The van der Waals surface area contributed by atoms with E-state index in [1.165, 1.54) is 26.4 Å². The minimum absolute atomic E-state index is 0.172. The van der Waals surface area contributed by atoms with Crippen molar-refractivity contribution in [3.63, 3.8) is 0 Å². The summed E-state index contributed by atoms with van der Waals surface area (Å²) in [6, 6.07) is 12.4. The van der Waals surface area contributed by atoms with Crippen LogP contribution < -0.4 is 10.6 Å². The Labute approximate surface area is 342 Å². The monoisotopic (exact) mass is 824 g/mol. The number of nitrogens with one attached hydrogen (secondary N) is 2. The Morgan fingerprint density at radius 1 is 0.667 bits per heavy atom. The highest BCUT2D eigenvalue weighted by molar-refractivity contribution is 8.00. The zero-order valence-electron chi connectivity index (χ0n) is 32.6. The van der Waals surface area contributed by atoms with E-state index in [4.69, 9.17) is 9.47 Å². The quantitative estimate of drug-likeness (QED) is 0.274. The van der Waals surface area contributed by atoms with Gasteiger partial charge in [0.15, 0.2) is 0 Å². The number of ether oxygens (including phenoxy) is 2. The Morgan fingerprint density at radius 3 is 1.54 bits per heavy atom. The number of carbonyl (C=O) groups is 6. The summed E-state index contributed by atoms with van der Waals surface area (Å²) in [6.45, 7) is 0. The van der Waals surface area contributed by atoms with Crippen molar-refractivity contribution in [2.45, 2.75) is 112 Å². The summed E-state index contributed by atoms with van der Waals surface area (Å²) >= 11 is 3.22. The van der Waals surface area contributed by atoms with Crippen LogP contribution in [0.3, 0.4) is 0 Å². The number of halogens is 1. The minimum atomic E-state index is -0.856. The van der Waals surface area contributed by atoms with Crippen LogP contribution in [0.5, 0.6) is 0 Å². The van der Waals surface area contributed by atoms with Gasteiger partial charge in [0.25, 0.3) is 0 Å². The van der Waals surface area contributed by atoms with E-state index in [1.807, 2.05) is 30.3 Å². The molecule has 8 unspecified atom stereocenters. The fraction of sp³-hybridized carbons (Fsp3) is 0.571. The first-order valence-corrected chi connectivity index (χ1v) is 22.1. The summed E-state index contributed by atoms with van der Waals surface area (Å²) in [5.41, 5.74) is 1.64. The van der Waals surface area contributed by atoms with Gasteiger partial charge in [-0.2, -0.15) is 0 Å². The van der Waals surface area contributed by atoms with Crippen LogP contribution in [-0.4, -0.2) is 106 Å². The number of carbonyl (C=O) groups excluding carboxylic acids is 6. The number of amides is 4. The molecule has 6 rings (SSSR count). The molecule has 0 aromatic heterocycles. The van der Waals surface area contributed by atoms with Crippen LogP contribution in [0.4, 0.5) is 4.39 Å². The van der Waals surface area contributed by atoms with Crippen molar-refractivity contribution in [1.82, 2.24) is 20.4 Å². The number of esters is 2. The lowest BCUT2D eigenvalue weighted by atomic mass is 9.86. The molecule has 4 fully saturated rings. The van der Waals surface area contributed by atoms with Gasteiger partial charge in [0.05, 0.1) is 25.0 Å². The van der Waals surface area contributed by atoms with Crippen LogP contribution in [0.1, 0.15) is 75.3 Å². The Hall–Kier alpha value is -4.11. The summed E-state index contributed by atoms with van der Waals surface area (Å²) in [7, 11) is 2.63. The van der Waals surface area contributed by atoms with E-state index in [0.29, 0.717) is 43.6 Å². The fourth-order valence-corrected chi connectivity index (χ4v) is 11.3. The number of hydrogen-bond acceptors (Lipinski definition) is 10. The molecule has 0 bridgehead atoms. The maximum absolute atomic E-state index is 14.3. The third kappa shape index (κ3) is 10.5. The molecule has 4 aliphatic heterocycles. The molecule has 4 amide bonds. The van der Waals surface area contributed by atoms with Gasteiger partial charge in [-0.1, -0.05) is 42.5 Å². The molecule has 8 atom stereocenters. The van der Waals surface area contributed by atoms with Crippen molar-refractivity contribution in [3.05, 3.63) is 71.5 Å². The molecule has 2 N–H and O–H groups in total. The molecule has 57 heavy (non-hydrogen) atoms. The lowest BCUT2D eigenvalue weighted by Gasteiger charge is -2.40. The molecule has 15 heteroatoms. The van der Waals surface area contributed by atoms with Gasteiger partial charge >= 0.3 is 11.9 Å². The van der Waals surface area contributed by atoms with Crippen LogP contribution in [-0.2, 0) is 51.1 Å². The van der Waals surface area contributed by atoms with Crippen molar-refractivity contribution in [2.75, 3.05) is 25.7 Å². The molecule has 4 aliphatic rings. The Morgan fingerprint density at radius 2 is 1.11 bits per heavy atom. The van der Waals surface area contributed by atoms with Crippen LogP contribution >= 0.6 is 23.5 Å². The predicted molar refractivity (Wildman–Crippen MR) is 215 cm³/mol. The van der Waals surface area contributed by atoms with Gasteiger partial charge in [0, 0.05) is 11.8 Å². The summed E-state index contributed by atoms with van der Waals surface area (Å²) in [5.74, 6) is -2.71. The van der Waals surface area contributed by atoms with Crippen LogP contribution in [0.15, 0.2) is 54.6 Å². The van der Waals surface area contributed by atoms with Gasteiger partial charge in [0.1, 0.15) is 30.0 Å². The van der Waals surface area contributed by atoms with E-state index < -0.39 is 53.8 Å². The molecule has 308 valence electrons. The van der Waals surface area contributed by atoms with Gasteiger partial charge in [-0.05, 0) is 112 Å². The zero-order valence-corrected chi connectivity index (χ0v) is 34.2. The standard InChI is InChI=1S/C42H53FN4O8S2/c1-54-41(52)33-10-6-12-35-46(33)39(50)31(20-22-56-35)44-37(48)28(24-26-8-4-3-5-9-26)16-17-29(25-27-14-18-30(43)19-15-27)38(49)45-32-21-23-57-36-13-7-11-34(42(53)55-2)47(36)40(32)51/h3-5,8-9,14-15,18-19,28-29,31-36H,6-7,10-13,16-17,20-25H2,1-2H3,(H,44,48)(H,45,49). The third-order valence-corrected chi connectivity index (χ3v) is 14.2. The average Bonchev–Trinajstić information content (AvgIpc) is 3.49. The maximum Gasteiger partial charge on any atom is 0.328 e. The molecule has 0 radical (unpaired) electrons. The third-order valence-electron chi connectivity index (χ3n) is 11.6. The van der Waals surface area contributed by atoms with E-state index in [0.717, 1.165) is 36.8 Å². The molecule has 4 saturated heterocycles. The highest BCUT2D eigenvalue weighted by atomic mass is 32.2. The zero-order chi connectivity index (χ0) is 40.5. The Bertz CT molecular complexity index is 1750. The second-order valence-corrected chi connectivity index (χ2v) is 17.8. The second kappa shape index (κ2) is 20.0. The highest BCUT2D eigenvalue weighted by Crippen LogP contribution is 2.36. The Balaban J connectivity index is 1.21. The molecule has 0 spiro atoms. The largest absolute Gasteiger partial charge is 0.467 e. The molecular weight excluding hydrogens is 772 g/mol. The van der Waals surface area contributed by atoms with Gasteiger partial charge in [-0.25, -0.2) is 14.0 Å². The first-order valence-electron chi connectivity index (χ1n) is 20.0. The number of methoxy groups -OCH3 is 2. The van der Waals surface area contributed by atoms with Gasteiger partial charge in [-0.3, -0.25) is 19.2 Å². The predicted octanol–water partition coefficient (Wildman–Crippen LogP) is 4.63. The van der Waals surface area contributed by atoms with Crippen molar-refractivity contribution in [3.8, 4) is 0 Å². The number of benzene rings is 2. The van der Waals surface area contributed by atoms with E-state index in [9.17, 15) is 33.2 Å². The molecule has 4 heterocycles. The summed E-state index contributed by atoms with van der Waals surface area (Å²) in [4.78, 5) is 85.4. The first kappa shape index (κ1) is 42.5. The summed E-state index contributed by atoms with van der Waals surface area (Å²) < 4.78 is 24.0. The van der Waals surface area contributed by atoms with Gasteiger partial charge < -0.3 is 29.9 Å². The van der Waals surface area contributed by atoms with E-state index in [-0.39, 0.29) is 53.6 Å². The Kier molecular flexibility index (Phi) is 14.9. The number of rotatable bonds is 13. The first-order chi connectivity index (χ1) is 27.6. The lowest BCUT2D eigenvalue weighted by Crippen LogP contribution is -2.58. The van der Waals surface area contributed by atoms with Crippen LogP contribution in [0.25, 0.3) is 0 Å². The average molecular weight is 825 g/mol. The fourth-order valence-electron chi connectivity index (χ4n) is 8.54. The van der Waals surface area contributed by atoms with Crippen molar-refractivity contribution in [2.24, 2.45) is 11.8 Å². The molecular formula is C42H53FN4O8S2. The van der Waals surface area contributed by atoms with Crippen LogP contribution in [0, 0.1) is 17.7 Å². The smallest absolute Gasteiger partial charge is 0.328 e. The second-order valence-electron chi connectivity index (χ2n) is 15.3. The normalized spacial score (nSPS) is 26.1. The number of thioether (sulfide) groups is 2. The van der Waals surface area contributed by atoms with E-state index >= 15 is 0 Å². The van der Waals surface area contributed by atoms with Crippen molar-refractivity contribution < 1.29 is 42.6 Å². The van der Waals surface area contributed by atoms with Gasteiger partial charge in [0.2, 0.25) is 23.6 Å². The van der Waals surface area contributed by atoms with E-state index in [2.05, 4.69) is 10.6 Å². The number of nitrogens with zero attached hydrogens (tertiary/aromatic N) is 2. The molecule has 2 aromatic carbocycles. The summed E-state index contributed by atoms with van der Waals surface area (Å²) in [5, 5.41) is 5.70. The van der Waals surface area contributed by atoms with E-state index in [1.54, 1.807) is 45.5 Å². The highest BCUT2D eigenvalue weighted by Gasteiger charge is 2.45. The lowest BCUT2D eigenvalue weighted by molar-refractivity contribution is -0.156. The molecule has 2 aromatic rings. The number of piperidine rings is 2. The van der Waals surface area contributed by atoms with Crippen molar-refractivity contribution >= 4 is 59.1 Å². The maximum atomic E-state index is 14.3. The molecule has 0 aliphatic carbocycles.